The van der Waals surface area contributed by atoms with E-state index in [2.05, 4.69) is 59.8 Å². The maximum absolute atomic E-state index is 13.9. The maximum Gasteiger partial charge on any atom is 0.343 e. The Morgan fingerprint density at radius 3 is 0.829 bits per heavy atom. The number of ether oxygens (including phenoxy) is 10. The molecule has 6 aromatic carbocycles. The molecule has 2 aliphatic heterocycles. The van der Waals surface area contributed by atoms with Crippen LogP contribution in [0.3, 0.4) is 0 Å². The first-order valence-electron chi connectivity index (χ1n) is 21.4. The minimum atomic E-state index is -0.845. The molecule has 0 unspecified atom stereocenters. The fourth-order valence-electron chi connectivity index (χ4n) is 6.95. The van der Waals surface area contributed by atoms with Crippen LogP contribution in [0.1, 0.15) is 20.7 Å². The molecule has 0 saturated heterocycles. The average molecular weight is 1100 g/mol. The molecule has 0 radical (unpaired) electrons. The van der Waals surface area contributed by atoms with Crippen LogP contribution in [-0.4, -0.2) is 71.7 Å². The summed E-state index contributed by atoms with van der Waals surface area (Å²) in [5, 5.41) is 0.156. The molecular formula is C48H20Cl4N12O12. The van der Waals surface area contributed by atoms with Gasteiger partial charge in [-0.15, -0.1) is 19.9 Å². The molecule has 6 heterocycles. The Bertz CT molecular complexity index is 3580. The number of benzene rings is 6. The maximum atomic E-state index is 13.9. The zero-order valence-corrected chi connectivity index (χ0v) is 40.3. The Morgan fingerprint density at radius 2 is 0.553 bits per heavy atom. The molecule has 28 heteroatoms. The summed E-state index contributed by atoms with van der Waals surface area (Å²) >= 11 is 24.8. The Labute approximate surface area is 443 Å². The highest BCUT2D eigenvalue weighted by atomic mass is 35.5. The summed E-state index contributed by atoms with van der Waals surface area (Å²) in [6.45, 7) is 0. The van der Waals surface area contributed by atoms with Crippen LogP contribution in [0.15, 0.2) is 121 Å². The summed E-state index contributed by atoms with van der Waals surface area (Å²) in [5.74, 6) is -0.469. The first-order valence-corrected chi connectivity index (χ1v) is 23.0. The van der Waals surface area contributed by atoms with Gasteiger partial charge in [0.15, 0.2) is 0 Å². The summed E-state index contributed by atoms with van der Waals surface area (Å²) < 4.78 is 58.6. The van der Waals surface area contributed by atoms with Crippen molar-refractivity contribution in [2.75, 3.05) is 0 Å². The van der Waals surface area contributed by atoms with Gasteiger partial charge >= 0.3 is 60.0 Å². The van der Waals surface area contributed by atoms with Crippen LogP contribution in [0.5, 0.6) is 106 Å². The average Bonchev–Trinajstić information content (AvgIpc) is 3.35. The van der Waals surface area contributed by atoms with Crippen molar-refractivity contribution in [3.05, 3.63) is 154 Å². The Kier molecular flexibility index (Phi) is 12.3. The van der Waals surface area contributed by atoms with Crippen molar-refractivity contribution in [1.29, 1.82) is 0 Å². The number of carbonyl (C=O) groups excluding carboxylic acids is 2. The number of hydrogen-bond donors (Lipinski definition) is 0. The summed E-state index contributed by atoms with van der Waals surface area (Å²) in [5.41, 5.74) is -0.131. The highest BCUT2D eigenvalue weighted by Crippen LogP contribution is 2.36. The molecule has 16 bridgehead atoms. The number of nitrogens with zero attached hydrogens (tertiary/aromatic N) is 12. The summed E-state index contributed by atoms with van der Waals surface area (Å²) in [6, 6.07) is 28.3. The first-order chi connectivity index (χ1) is 36.9. The van der Waals surface area contributed by atoms with Gasteiger partial charge < -0.3 is 47.4 Å². The number of hydrogen-bond acceptors (Lipinski definition) is 24. The van der Waals surface area contributed by atoms with E-state index >= 15 is 0 Å². The predicted octanol–water partition coefficient (Wildman–Crippen LogP) is 11.6. The second kappa shape index (κ2) is 19.9. The fraction of sp³-hybridized carbons (Fsp3) is 0. The van der Waals surface area contributed by atoms with Crippen molar-refractivity contribution in [3.8, 4) is 106 Å². The van der Waals surface area contributed by atoms with Gasteiger partial charge in [-0.2, -0.15) is 39.9 Å². The van der Waals surface area contributed by atoms with Gasteiger partial charge in [0.1, 0.15) is 57.5 Å². The third kappa shape index (κ3) is 11.0. The van der Waals surface area contributed by atoms with Crippen molar-refractivity contribution in [3.63, 3.8) is 0 Å². The van der Waals surface area contributed by atoms with Gasteiger partial charge in [0, 0.05) is 24.3 Å². The molecule has 24 nitrogen and oxygen atoms in total. The van der Waals surface area contributed by atoms with Crippen molar-refractivity contribution < 1.29 is 57.0 Å². The van der Waals surface area contributed by atoms with Gasteiger partial charge in [0.25, 0.3) is 0 Å². The molecule has 76 heavy (non-hydrogen) atoms. The zero-order chi connectivity index (χ0) is 51.9. The summed E-state index contributed by atoms with van der Waals surface area (Å²) in [6.07, 6.45) is 0. The van der Waals surface area contributed by atoms with E-state index in [0.29, 0.717) is 10.8 Å². The van der Waals surface area contributed by atoms with Gasteiger partial charge in [-0.05, 0) is 130 Å². The molecule has 4 aromatic heterocycles. The molecule has 0 saturated carbocycles. The highest BCUT2D eigenvalue weighted by molar-refractivity contribution is 6.29. The van der Waals surface area contributed by atoms with E-state index in [0.717, 1.165) is 0 Å². The Balaban J connectivity index is 0.798. The third-order valence-electron chi connectivity index (χ3n) is 9.99. The van der Waals surface area contributed by atoms with Crippen molar-refractivity contribution in [1.82, 2.24) is 59.8 Å². The highest BCUT2D eigenvalue weighted by Gasteiger charge is 2.22. The van der Waals surface area contributed by atoms with E-state index in [9.17, 15) is 9.59 Å². The molecule has 0 amide bonds. The molecule has 372 valence electrons. The minimum Gasteiger partial charge on any atom is -0.424 e. The molecule has 0 fully saturated rings. The van der Waals surface area contributed by atoms with Crippen LogP contribution < -0.4 is 47.4 Å². The van der Waals surface area contributed by atoms with Crippen molar-refractivity contribution in [2.24, 2.45) is 0 Å². The topological polar surface area (TPSA) is 281 Å². The molecule has 0 spiro atoms. The SMILES string of the molecule is O=C(Oc1ccc2cc(OC(=O)c3cc4cc(c3)Oc3nc(Cl)nc(n3)Oc3cccc(c3)Oc3nc(Cl)nc(n3)O4)ccc2c1)c1cc2cc(c1)Oc1nc(Cl)nc(n1)Oc1cccc(c1)Oc1nc(Cl)nc(n1)O2. The zero-order valence-electron chi connectivity index (χ0n) is 37.3. The van der Waals surface area contributed by atoms with Crippen LogP contribution >= 0.6 is 46.4 Å². The lowest BCUT2D eigenvalue weighted by atomic mass is 10.1. The third-order valence-corrected chi connectivity index (χ3v) is 10.7. The lowest BCUT2D eigenvalue weighted by molar-refractivity contribution is 0.0724. The van der Waals surface area contributed by atoms with Crippen LogP contribution in [0, 0.1) is 0 Å². The lowest BCUT2D eigenvalue weighted by Crippen LogP contribution is -2.10. The van der Waals surface area contributed by atoms with Crippen LogP contribution in [0.25, 0.3) is 10.8 Å². The second-order valence-corrected chi connectivity index (χ2v) is 16.6. The fourth-order valence-corrected chi connectivity index (χ4v) is 7.52. The van der Waals surface area contributed by atoms with Gasteiger partial charge in [-0.3, -0.25) is 0 Å². The smallest absolute Gasteiger partial charge is 0.343 e. The van der Waals surface area contributed by atoms with Gasteiger partial charge in [0.2, 0.25) is 21.1 Å². The second-order valence-electron chi connectivity index (χ2n) is 15.3. The number of rotatable bonds is 4. The molecule has 0 aliphatic carbocycles. The van der Waals surface area contributed by atoms with E-state index < -0.39 is 11.9 Å². The number of carbonyl (C=O) groups is 2. The Morgan fingerprint density at radius 1 is 0.303 bits per heavy atom. The quantitative estimate of drug-likeness (QED) is 0.117. The van der Waals surface area contributed by atoms with Crippen molar-refractivity contribution in [2.45, 2.75) is 0 Å². The number of halogens is 4. The van der Waals surface area contributed by atoms with E-state index in [1.807, 2.05) is 0 Å². The van der Waals surface area contributed by atoms with Crippen LogP contribution in [0.4, 0.5) is 0 Å². The first kappa shape index (κ1) is 47.1. The largest absolute Gasteiger partial charge is 0.424 e. The normalized spacial score (nSPS) is 12.1. The number of fused-ring (bicyclic) bond motifs is 17. The molecule has 0 atom stereocenters. The molecule has 0 N–H and O–H groups in total. The minimum absolute atomic E-state index is 0.0116. The van der Waals surface area contributed by atoms with Gasteiger partial charge in [-0.1, -0.05) is 24.3 Å². The number of esters is 2. The van der Waals surface area contributed by atoms with E-state index in [1.165, 1.54) is 60.7 Å². The molecule has 10 aromatic rings. The van der Waals surface area contributed by atoms with Crippen molar-refractivity contribution >= 4 is 69.1 Å². The lowest BCUT2D eigenvalue weighted by Gasteiger charge is -2.13. The predicted molar refractivity (Wildman–Crippen MR) is 260 cm³/mol. The van der Waals surface area contributed by atoms with E-state index in [-0.39, 0.29) is 138 Å². The Hall–Kier alpha value is -9.88. The van der Waals surface area contributed by atoms with Crippen LogP contribution in [0.2, 0.25) is 21.1 Å². The standard InChI is InChI=1S/C48H20Cl4N12O12/c49-37-53-41-61-45(57-37)73-31-13-23(14-32(19-31)74-46-58-38(50)54-42(62-46)70-26-4-1-3-25(17-26)69-41)35(65)67-29-9-7-22-12-30(10-8-21(22)11-29)68-36(66)24-15-33-20-34(16-24)76-48-60-40(52)56-44(64-48)72-28-6-2-5-27(18-28)71-43-55-39(51)59-47(63-43)75-33/h1-20H. The van der Waals surface area contributed by atoms with Crippen LogP contribution in [-0.2, 0) is 0 Å². The monoisotopic (exact) mass is 1100 g/mol. The summed E-state index contributed by atoms with van der Waals surface area (Å²) in [7, 11) is 0. The van der Waals surface area contributed by atoms with Gasteiger partial charge in [0.05, 0.1) is 11.1 Å². The van der Waals surface area contributed by atoms with Gasteiger partial charge in [-0.25, -0.2) is 9.59 Å². The van der Waals surface area contributed by atoms with E-state index in [1.54, 1.807) is 60.7 Å². The number of aromatic nitrogens is 12. The summed E-state index contributed by atoms with van der Waals surface area (Å²) in [4.78, 5) is 76.8. The van der Waals surface area contributed by atoms with E-state index in [4.69, 9.17) is 93.8 Å². The molecule has 2 aliphatic rings. The molecule has 12 rings (SSSR count). The molecular weight excluding hydrogens is 1080 g/mol.